The van der Waals surface area contributed by atoms with Gasteiger partial charge in [-0.25, -0.2) is 4.79 Å². The molecule has 1 saturated carbocycles. The molecule has 168 valence electrons. The van der Waals surface area contributed by atoms with Crippen molar-refractivity contribution in [1.82, 2.24) is 10.2 Å². The topological polar surface area (TPSA) is 105 Å². The molecule has 1 aliphatic heterocycles. The van der Waals surface area contributed by atoms with E-state index in [9.17, 15) is 19.2 Å². The van der Waals surface area contributed by atoms with Gasteiger partial charge in [-0.3, -0.25) is 19.3 Å². The number of nitrogens with zero attached hydrogens (tertiary/aromatic N) is 1. The second kappa shape index (κ2) is 8.32. The number of aryl methyl sites for hydroxylation is 2. The summed E-state index contributed by atoms with van der Waals surface area (Å²) >= 11 is 0. The lowest BCUT2D eigenvalue weighted by molar-refractivity contribution is -0.150. The summed E-state index contributed by atoms with van der Waals surface area (Å²) in [6.07, 6.45) is 2.04. The van der Waals surface area contributed by atoms with Crippen molar-refractivity contribution >= 4 is 29.5 Å². The fourth-order valence-electron chi connectivity index (χ4n) is 5.21. The van der Waals surface area contributed by atoms with Crippen LogP contribution < -0.4 is 10.6 Å². The number of urea groups is 1. The molecule has 31 heavy (non-hydrogen) atoms. The van der Waals surface area contributed by atoms with Crippen LogP contribution in [-0.2, 0) is 19.1 Å². The Morgan fingerprint density at radius 1 is 1.16 bits per heavy atom. The Morgan fingerprint density at radius 3 is 2.42 bits per heavy atom. The van der Waals surface area contributed by atoms with E-state index < -0.39 is 42.5 Å². The first-order valence-corrected chi connectivity index (χ1v) is 10.6. The maximum Gasteiger partial charge on any atom is 0.326 e. The Kier molecular flexibility index (Phi) is 6.11. The van der Waals surface area contributed by atoms with E-state index >= 15 is 0 Å². The molecule has 2 atom stereocenters. The number of rotatable bonds is 5. The van der Waals surface area contributed by atoms with Crippen molar-refractivity contribution in [3.63, 3.8) is 0 Å². The van der Waals surface area contributed by atoms with Crippen LogP contribution in [0.5, 0.6) is 0 Å². The van der Waals surface area contributed by atoms with Crippen LogP contribution in [0.1, 0.15) is 51.2 Å². The lowest BCUT2D eigenvalue weighted by atomic mass is 9.64. The number of carbonyl (C=O) groups is 4. The third-order valence-corrected chi connectivity index (χ3v) is 5.78. The molecule has 1 aromatic rings. The molecular formula is C23H31N3O5. The first-order valence-electron chi connectivity index (χ1n) is 10.6. The monoisotopic (exact) mass is 429 g/mol. The number of benzene rings is 1. The Hall–Kier alpha value is -2.90. The van der Waals surface area contributed by atoms with Gasteiger partial charge in [0, 0.05) is 5.69 Å². The molecular weight excluding hydrogens is 398 g/mol. The summed E-state index contributed by atoms with van der Waals surface area (Å²) in [5, 5.41) is 5.49. The third kappa shape index (κ3) is 5.24. The third-order valence-electron chi connectivity index (χ3n) is 5.78. The zero-order chi connectivity index (χ0) is 23.0. The predicted molar refractivity (Wildman–Crippen MR) is 115 cm³/mol. The highest BCUT2D eigenvalue weighted by atomic mass is 16.5. The number of ether oxygens (including phenoxy) is 1. The summed E-state index contributed by atoms with van der Waals surface area (Å²) in [4.78, 5) is 50.8. The van der Waals surface area contributed by atoms with Crippen molar-refractivity contribution in [2.24, 2.45) is 11.3 Å². The van der Waals surface area contributed by atoms with E-state index in [1.165, 1.54) is 0 Å². The SMILES string of the molecule is Cc1cc(C)cc(NC(=O)COC(=O)CN2C(=O)N[C@]3(C[C@H](C)CC(C)(C)C3)C2=O)c1. The second-order valence-corrected chi connectivity index (χ2v) is 9.84. The summed E-state index contributed by atoms with van der Waals surface area (Å²) in [6, 6.07) is 5.01. The highest BCUT2D eigenvalue weighted by Gasteiger charge is 2.56. The maximum absolute atomic E-state index is 13.1. The first kappa shape index (κ1) is 22.8. The molecule has 0 unspecified atom stereocenters. The number of hydrogen-bond donors (Lipinski definition) is 2. The summed E-state index contributed by atoms with van der Waals surface area (Å²) in [5.41, 5.74) is 1.55. The van der Waals surface area contributed by atoms with Gasteiger partial charge in [0.2, 0.25) is 0 Å². The number of amides is 4. The van der Waals surface area contributed by atoms with Crippen LogP contribution in [0.4, 0.5) is 10.5 Å². The molecule has 3 rings (SSSR count). The van der Waals surface area contributed by atoms with Gasteiger partial charge in [0.25, 0.3) is 11.8 Å². The van der Waals surface area contributed by atoms with E-state index in [4.69, 9.17) is 4.74 Å². The van der Waals surface area contributed by atoms with Crippen molar-refractivity contribution in [2.45, 2.75) is 59.4 Å². The van der Waals surface area contributed by atoms with E-state index in [0.29, 0.717) is 18.5 Å². The van der Waals surface area contributed by atoms with Crippen molar-refractivity contribution in [2.75, 3.05) is 18.5 Å². The zero-order valence-corrected chi connectivity index (χ0v) is 18.8. The molecule has 2 fully saturated rings. The van der Waals surface area contributed by atoms with Gasteiger partial charge in [-0.1, -0.05) is 26.8 Å². The number of carbonyl (C=O) groups excluding carboxylic acids is 4. The molecule has 8 nitrogen and oxygen atoms in total. The van der Waals surface area contributed by atoms with Crippen molar-refractivity contribution < 1.29 is 23.9 Å². The first-order chi connectivity index (χ1) is 14.4. The van der Waals surface area contributed by atoms with Gasteiger partial charge in [-0.05, 0) is 67.7 Å². The molecule has 2 aliphatic rings. The van der Waals surface area contributed by atoms with E-state index in [-0.39, 0.29) is 11.3 Å². The van der Waals surface area contributed by atoms with Crippen molar-refractivity contribution in [1.29, 1.82) is 0 Å². The van der Waals surface area contributed by atoms with Crippen molar-refractivity contribution in [3.05, 3.63) is 29.3 Å². The molecule has 0 radical (unpaired) electrons. The molecule has 1 aliphatic carbocycles. The molecule has 2 N–H and O–H groups in total. The predicted octanol–water partition coefficient (Wildman–Crippen LogP) is 2.92. The quantitative estimate of drug-likeness (QED) is 0.553. The summed E-state index contributed by atoms with van der Waals surface area (Å²) < 4.78 is 5.01. The van der Waals surface area contributed by atoms with Gasteiger partial charge in [0.15, 0.2) is 6.61 Å². The second-order valence-electron chi connectivity index (χ2n) is 9.84. The van der Waals surface area contributed by atoms with Crippen LogP contribution >= 0.6 is 0 Å². The van der Waals surface area contributed by atoms with E-state index in [1.54, 1.807) is 0 Å². The van der Waals surface area contributed by atoms with Gasteiger partial charge in [-0.15, -0.1) is 0 Å². The number of esters is 1. The number of anilines is 1. The van der Waals surface area contributed by atoms with Crippen LogP contribution in [0.25, 0.3) is 0 Å². The van der Waals surface area contributed by atoms with Gasteiger partial charge >= 0.3 is 12.0 Å². The highest BCUT2D eigenvalue weighted by Crippen LogP contribution is 2.46. The van der Waals surface area contributed by atoms with E-state index in [1.807, 2.05) is 32.0 Å². The van der Waals surface area contributed by atoms with Gasteiger partial charge in [0.05, 0.1) is 0 Å². The van der Waals surface area contributed by atoms with Gasteiger partial charge in [0.1, 0.15) is 12.1 Å². The summed E-state index contributed by atoms with van der Waals surface area (Å²) in [6.45, 7) is 9.05. The molecule has 1 aromatic carbocycles. The number of hydrogen-bond acceptors (Lipinski definition) is 5. The van der Waals surface area contributed by atoms with Crippen LogP contribution in [-0.4, -0.2) is 47.4 Å². The smallest absolute Gasteiger partial charge is 0.326 e. The highest BCUT2D eigenvalue weighted by molar-refractivity contribution is 6.09. The van der Waals surface area contributed by atoms with Crippen LogP contribution in [0.3, 0.4) is 0 Å². The minimum Gasteiger partial charge on any atom is -0.454 e. The largest absolute Gasteiger partial charge is 0.454 e. The number of nitrogens with one attached hydrogen (secondary N) is 2. The lowest BCUT2D eigenvalue weighted by Gasteiger charge is -2.43. The lowest BCUT2D eigenvalue weighted by Crippen LogP contribution is -2.54. The zero-order valence-electron chi connectivity index (χ0n) is 18.8. The van der Waals surface area contributed by atoms with Gasteiger partial charge < -0.3 is 15.4 Å². The molecule has 8 heteroatoms. The molecule has 4 amide bonds. The maximum atomic E-state index is 13.1. The molecule has 0 aromatic heterocycles. The average molecular weight is 430 g/mol. The van der Waals surface area contributed by atoms with Crippen LogP contribution in [0.2, 0.25) is 0 Å². The van der Waals surface area contributed by atoms with E-state index in [0.717, 1.165) is 22.4 Å². The number of imide groups is 1. The Morgan fingerprint density at radius 2 is 1.81 bits per heavy atom. The molecule has 1 heterocycles. The normalized spacial score (nSPS) is 24.8. The minimum absolute atomic E-state index is 0.0939. The van der Waals surface area contributed by atoms with Crippen molar-refractivity contribution in [3.8, 4) is 0 Å². The Labute approximate surface area is 182 Å². The molecule has 0 bridgehead atoms. The summed E-state index contributed by atoms with van der Waals surface area (Å²) in [5.74, 6) is -1.42. The minimum atomic E-state index is -0.973. The fourth-order valence-corrected chi connectivity index (χ4v) is 5.21. The van der Waals surface area contributed by atoms with E-state index in [2.05, 4.69) is 31.4 Å². The fraction of sp³-hybridized carbons (Fsp3) is 0.565. The van der Waals surface area contributed by atoms with Gasteiger partial charge in [-0.2, -0.15) is 0 Å². The Balaban J connectivity index is 1.56. The molecule has 1 spiro atoms. The molecule has 1 saturated heterocycles. The Bertz CT molecular complexity index is 906. The van der Waals surface area contributed by atoms with Crippen LogP contribution in [0.15, 0.2) is 18.2 Å². The average Bonchev–Trinajstić information content (AvgIpc) is 2.80. The standard InChI is InChI=1S/C23H31N3O5/c1-14-6-15(2)8-17(7-14)24-18(27)12-31-19(28)11-26-20(29)23(25-21(26)30)10-16(3)9-22(4,5)13-23/h6-8,16H,9-13H2,1-5H3,(H,24,27)(H,25,30)/t16-,23+/m1/s1. The summed E-state index contributed by atoms with van der Waals surface area (Å²) in [7, 11) is 0. The van der Waals surface area contributed by atoms with Crippen LogP contribution in [0, 0.1) is 25.2 Å².